The van der Waals surface area contributed by atoms with E-state index in [1.165, 1.54) is 4.90 Å². The van der Waals surface area contributed by atoms with Crippen LogP contribution in [0.4, 0.5) is 13.2 Å². The summed E-state index contributed by atoms with van der Waals surface area (Å²) < 4.78 is 37.7. The van der Waals surface area contributed by atoms with Crippen molar-refractivity contribution in [3.63, 3.8) is 0 Å². The molecule has 1 aromatic carbocycles. The van der Waals surface area contributed by atoms with Gasteiger partial charge in [0.05, 0.1) is 6.54 Å². The molecule has 1 aliphatic carbocycles. The van der Waals surface area contributed by atoms with E-state index in [0.717, 1.165) is 12.8 Å². The maximum Gasteiger partial charge on any atom is 0.401 e. The number of rotatable bonds is 5. The third-order valence-electron chi connectivity index (χ3n) is 3.21. The van der Waals surface area contributed by atoms with E-state index in [1.54, 1.807) is 24.3 Å². The largest absolute Gasteiger partial charge is 0.401 e. The summed E-state index contributed by atoms with van der Waals surface area (Å²) in [4.78, 5) is 13.0. The van der Waals surface area contributed by atoms with Gasteiger partial charge in [-0.25, -0.2) is 5.84 Å². The molecule has 1 fully saturated rings. The minimum Gasteiger partial charge on any atom is -0.290 e. The van der Waals surface area contributed by atoms with Crippen molar-refractivity contribution in [2.75, 3.05) is 6.54 Å². The fourth-order valence-corrected chi connectivity index (χ4v) is 2.16. The maximum absolute atomic E-state index is 12.6. The van der Waals surface area contributed by atoms with Crippen LogP contribution >= 0.6 is 0 Å². The van der Waals surface area contributed by atoms with Gasteiger partial charge in [-0.1, -0.05) is 18.2 Å². The van der Waals surface area contributed by atoms with Crippen molar-refractivity contribution in [1.29, 1.82) is 0 Å². The van der Waals surface area contributed by atoms with Crippen LogP contribution < -0.4 is 11.3 Å². The highest BCUT2D eigenvalue weighted by atomic mass is 19.4. The van der Waals surface area contributed by atoms with Crippen molar-refractivity contribution < 1.29 is 18.0 Å². The van der Waals surface area contributed by atoms with Crippen LogP contribution in [0.25, 0.3) is 0 Å². The van der Waals surface area contributed by atoms with Crippen molar-refractivity contribution in [3.05, 3.63) is 35.4 Å². The molecule has 1 aromatic rings. The Kier molecular flexibility index (Phi) is 4.29. The highest BCUT2D eigenvalue weighted by Crippen LogP contribution is 2.31. The van der Waals surface area contributed by atoms with Crippen LogP contribution in [-0.2, 0) is 6.54 Å². The van der Waals surface area contributed by atoms with Crippen molar-refractivity contribution in [2.45, 2.75) is 31.6 Å². The second-order valence-electron chi connectivity index (χ2n) is 4.88. The van der Waals surface area contributed by atoms with E-state index in [4.69, 9.17) is 5.84 Å². The van der Waals surface area contributed by atoms with Gasteiger partial charge in [-0.3, -0.25) is 15.1 Å². The molecule has 0 aliphatic heterocycles. The molecule has 1 amide bonds. The summed E-state index contributed by atoms with van der Waals surface area (Å²) in [5.41, 5.74) is 2.86. The lowest BCUT2D eigenvalue weighted by atomic mass is 10.1. The molecule has 20 heavy (non-hydrogen) atoms. The Bertz CT molecular complexity index is 486. The summed E-state index contributed by atoms with van der Waals surface area (Å²) in [6, 6.07) is 6.50. The normalized spacial score (nSPS) is 15.4. The lowest BCUT2D eigenvalue weighted by Crippen LogP contribution is -2.36. The number of hydrogen-bond donors (Lipinski definition) is 2. The molecule has 0 atom stereocenters. The molecule has 110 valence electrons. The number of hydrazine groups is 1. The van der Waals surface area contributed by atoms with Gasteiger partial charge in [0.1, 0.15) is 0 Å². The van der Waals surface area contributed by atoms with E-state index in [1.807, 2.05) is 5.43 Å². The molecule has 0 unspecified atom stereocenters. The number of halogens is 3. The van der Waals surface area contributed by atoms with E-state index in [-0.39, 0.29) is 12.6 Å². The van der Waals surface area contributed by atoms with E-state index in [0.29, 0.717) is 11.1 Å². The first-order chi connectivity index (χ1) is 9.40. The smallest absolute Gasteiger partial charge is 0.290 e. The minimum absolute atomic E-state index is 0.0504. The van der Waals surface area contributed by atoms with Crippen molar-refractivity contribution in [2.24, 2.45) is 5.84 Å². The average Bonchev–Trinajstić information content (AvgIpc) is 3.20. The number of carbonyl (C=O) groups is 1. The third-order valence-corrected chi connectivity index (χ3v) is 3.21. The number of carbonyl (C=O) groups excluding carboxylic acids is 1. The molecule has 0 radical (unpaired) electrons. The zero-order valence-electron chi connectivity index (χ0n) is 10.8. The average molecular weight is 287 g/mol. The van der Waals surface area contributed by atoms with E-state index in [2.05, 4.69) is 0 Å². The molecule has 4 nitrogen and oxygen atoms in total. The van der Waals surface area contributed by atoms with E-state index < -0.39 is 18.6 Å². The molecule has 0 heterocycles. The SMILES string of the molecule is NNC(=O)c1ccccc1CN(CC(F)(F)F)C1CC1. The molecule has 7 heteroatoms. The molecule has 0 bridgehead atoms. The number of nitrogen functional groups attached to an aromatic ring is 1. The van der Waals surface area contributed by atoms with Crippen LogP contribution in [0.5, 0.6) is 0 Å². The fraction of sp³-hybridized carbons (Fsp3) is 0.462. The second-order valence-corrected chi connectivity index (χ2v) is 4.88. The Balaban J connectivity index is 2.16. The van der Waals surface area contributed by atoms with Gasteiger partial charge >= 0.3 is 6.18 Å². The first-order valence-corrected chi connectivity index (χ1v) is 6.30. The van der Waals surface area contributed by atoms with Crippen LogP contribution in [0, 0.1) is 0 Å². The van der Waals surface area contributed by atoms with E-state index >= 15 is 0 Å². The summed E-state index contributed by atoms with van der Waals surface area (Å²) in [6.07, 6.45) is -2.71. The summed E-state index contributed by atoms with van der Waals surface area (Å²) in [5.74, 6) is 4.59. The first kappa shape index (κ1) is 14.8. The van der Waals surface area contributed by atoms with Gasteiger partial charge in [-0.05, 0) is 24.5 Å². The predicted octanol–water partition coefficient (Wildman–Crippen LogP) is 1.82. The molecule has 3 N–H and O–H groups in total. The molecular formula is C13H16F3N3O. The zero-order valence-corrected chi connectivity index (χ0v) is 10.8. The second kappa shape index (κ2) is 5.80. The third kappa shape index (κ3) is 3.94. The van der Waals surface area contributed by atoms with Gasteiger partial charge in [-0.2, -0.15) is 13.2 Å². The molecule has 2 rings (SSSR count). The Labute approximate surface area is 114 Å². The molecular weight excluding hydrogens is 271 g/mol. The summed E-state index contributed by atoms with van der Waals surface area (Å²) in [6.45, 7) is -0.871. The van der Waals surface area contributed by atoms with Gasteiger partial charge in [0.2, 0.25) is 0 Å². The van der Waals surface area contributed by atoms with Crippen molar-refractivity contribution in [1.82, 2.24) is 10.3 Å². The molecule has 0 saturated heterocycles. The predicted molar refractivity (Wildman–Crippen MR) is 67.6 cm³/mol. The maximum atomic E-state index is 12.6. The van der Waals surface area contributed by atoms with Gasteiger partial charge < -0.3 is 0 Å². The van der Waals surface area contributed by atoms with Crippen LogP contribution in [0.15, 0.2) is 24.3 Å². The Morgan fingerprint density at radius 2 is 2.00 bits per heavy atom. The van der Waals surface area contributed by atoms with Crippen LogP contribution in [0.2, 0.25) is 0 Å². The van der Waals surface area contributed by atoms with Gasteiger partial charge in [0, 0.05) is 18.2 Å². The monoisotopic (exact) mass is 287 g/mol. The van der Waals surface area contributed by atoms with Crippen LogP contribution in [-0.4, -0.2) is 29.6 Å². The molecule has 0 aromatic heterocycles. The number of nitrogens with one attached hydrogen (secondary N) is 1. The van der Waals surface area contributed by atoms with Gasteiger partial charge in [0.15, 0.2) is 0 Å². The summed E-state index contributed by atoms with van der Waals surface area (Å²) >= 11 is 0. The van der Waals surface area contributed by atoms with Gasteiger partial charge in [0.25, 0.3) is 5.91 Å². The van der Waals surface area contributed by atoms with Gasteiger partial charge in [-0.15, -0.1) is 0 Å². The molecule has 1 aliphatic rings. The number of nitrogens with two attached hydrogens (primary N) is 1. The van der Waals surface area contributed by atoms with Crippen LogP contribution in [0.3, 0.4) is 0 Å². The number of nitrogens with zero attached hydrogens (tertiary/aromatic N) is 1. The number of amides is 1. The lowest BCUT2D eigenvalue weighted by molar-refractivity contribution is -0.148. The molecule has 0 spiro atoms. The zero-order chi connectivity index (χ0) is 14.8. The van der Waals surface area contributed by atoms with Crippen LogP contribution in [0.1, 0.15) is 28.8 Å². The summed E-state index contributed by atoms with van der Waals surface area (Å²) in [7, 11) is 0. The lowest BCUT2D eigenvalue weighted by Gasteiger charge is -2.24. The molecule has 1 saturated carbocycles. The standard InChI is InChI=1S/C13H16F3N3O/c14-13(15,16)8-19(10-5-6-10)7-9-3-1-2-4-11(9)12(20)18-17/h1-4,10H,5-8,17H2,(H,18,20). The van der Waals surface area contributed by atoms with Crippen molar-refractivity contribution >= 4 is 5.91 Å². The number of alkyl halides is 3. The summed E-state index contributed by atoms with van der Waals surface area (Å²) in [5, 5.41) is 0. The number of hydrogen-bond acceptors (Lipinski definition) is 3. The van der Waals surface area contributed by atoms with E-state index in [9.17, 15) is 18.0 Å². The number of benzene rings is 1. The highest BCUT2D eigenvalue weighted by Gasteiger charge is 2.38. The Morgan fingerprint density at radius 3 is 2.55 bits per heavy atom. The quantitative estimate of drug-likeness (QED) is 0.493. The topological polar surface area (TPSA) is 58.4 Å². The minimum atomic E-state index is -4.24. The Hall–Kier alpha value is -1.60. The fourth-order valence-electron chi connectivity index (χ4n) is 2.16. The first-order valence-electron chi connectivity index (χ1n) is 6.30. The van der Waals surface area contributed by atoms with Crippen molar-refractivity contribution in [3.8, 4) is 0 Å². The Morgan fingerprint density at radius 1 is 1.35 bits per heavy atom. The highest BCUT2D eigenvalue weighted by molar-refractivity contribution is 5.95.